The summed E-state index contributed by atoms with van der Waals surface area (Å²) in [5.41, 5.74) is 2.00. The lowest BCUT2D eigenvalue weighted by molar-refractivity contribution is -0.00521. The van der Waals surface area contributed by atoms with Crippen molar-refractivity contribution >= 4 is 33.7 Å². The number of hydrogen-bond acceptors (Lipinski definition) is 2. The van der Waals surface area contributed by atoms with Crippen LogP contribution in [0.1, 0.15) is 64.8 Å². The maximum absolute atomic E-state index is 11.6. The van der Waals surface area contributed by atoms with Gasteiger partial charge in [-0.05, 0) is 109 Å². The molecule has 4 bridgehead atoms. The maximum Gasteiger partial charge on any atom is 0.252 e. The Balaban J connectivity index is 1.81. The van der Waals surface area contributed by atoms with E-state index < -0.39 is 10.5 Å². The van der Waals surface area contributed by atoms with E-state index in [0.717, 1.165) is 23.3 Å². The lowest BCUT2D eigenvalue weighted by Gasteiger charge is -2.57. The molecule has 0 N–H and O–H groups in total. The van der Waals surface area contributed by atoms with Crippen LogP contribution < -0.4 is 0 Å². The fraction of sp³-hybridized carbons (Fsp3) is 0.556. The summed E-state index contributed by atoms with van der Waals surface area (Å²) in [7, 11) is 0. The predicted molar refractivity (Wildman–Crippen MR) is 86.7 cm³/mol. The molecule has 4 heteroatoms. The zero-order valence-electron chi connectivity index (χ0n) is 12.3. The standard InChI is InChI=1S/C18H18Cl2O2/c19-16(21)13-4-14(17(20)22)6-15(5-13)18-7-10-1-11(8-18)3-12(2-10)9-18/h4-6,10-12H,1-3,7-9H2. The topological polar surface area (TPSA) is 34.1 Å². The Morgan fingerprint density at radius 2 is 1.23 bits per heavy atom. The van der Waals surface area contributed by atoms with Gasteiger partial charge in [0.05, 0.1) is 0 Å². The van der Waals surface area contributed by atoms with E-state index in [-0.39, 0.29) is 5.41 Å². The van der Waals surface area contributed by atoms with Crippen molar-refractivity contribution in [2.24, 2.45) is 17.8 Å². The predicted octanol–water partition coefficient (Wildman–Crippen LogP) is 4.91. The molecule has 1 aromatic rings. The fourth-order valence-electron chi connectivity index (χ4n) is 5.62. The molecule has 0 radical (unpaired) electrons. The van der Waals surface area contributed by atoms with E-state index in [4.69, 9.17) is 23.2 Å². The highest BCUT2D eigenvalue weighted by Gasteiger charge is 2.51. The van der Waals surface area contributed by atoms with Gasteiger partial charge in [0.2, 0.25) is 0 Å². The van der Waals surface area contributed by atoms with E-state index in [1.807, 2.05) is 12.1 Å². The first kappa shape index (κ1) is 14.7. The lowest BCUT2D eigenvalue weighted by Crippen LogP contribution is -2.48. The van der Waals surface area contributed by atoms with Crippen LogP contribution in [0.2, 0.25) is 0 Å². The number of carbonyl (C=O) groups excluding carboxylic acids is 2. The first-order valence-electron chi connectivity index (χ1n) is 8.00. The molecule has 116 valence electrons. The molecule has 4 saturated carbocycles. The van der Waals surface area contributed by atoms with E-state index in [1.165, 1.54) is 44.6 Å². The van der Waals surface area contributed by atoms with Gasteiger partial charge < -0.3 is 0 Å². The third kappa shape index (κ3) is 2.32. The Kier molecular flexibility index (Phi) is 3.39. The molecule has 4 aliphatic carbocycles. The van der Waals surface area contributed by atoms with E-state index in [2.05, 4.69) is 0 Å². The average molecular weight is 337 g/mol. The molecule has 0 atom stereocenters. The van der Waals surface area contributed by atoms with Gasteiger partial charge in [0.15, 0.2) is 0 Å². The second kappa shape index (κ2) is 5.07. The Morgan fingerprint density at radius 1 is 0.818 bits per heavy atom. The van der Waals surface area contributed by atoms with Crippen molar-refractivity contribution < 1.29 is 9.59 Å². The normalized spacial score (nSPS) is 35.6. The van der Waals surface area contributed by atoms with Gasteiger partial charge in [0.25, 0.3) is 10.5 Å². The van der Waals surface area contributed by atoms with Crippen LogP contribution >= 0.6 is 23.2 Å². The van der Waals surface area contributed by atoms with Crippen LogP contribution in [0.4, 0.5) is 0 Å². The molecule has 5 rings (SSSR count). The fourth-order valence-corrected chi connectivity index (χ4v) is 5.84. The number of halogens is 2. The molecular weight excluding hydrogens is 319 g/mol. The number of benzene rings is 1. The quantitative estimate of drug-likeness (QED) is 0.734. The second-order valence-corrected chi connectivity index (χ2v) is 8.23. The Labute approximate surface area is 140 Å². The van der Waals surface area contributed by atoms with Gasteiger partial charge in [-0.15, -0.1) is 0 Å². The highest BCUT2D eigenvalue weighted by molar-refractivity contribution is 6.69. The van der Waals surface area contributed by atoms with Crippen LogP contribution in [0, 0.1) is 17.8 Å². The zero-order valence-corrected chi connectivity index (χ0v) is 13.8. The Hall–Kier alpha value is -0.860. The zero-order chi connectivity index (χ0) is 15.5. The second-order valence-electron chi connectivity index (χ2n) is 7.54. The van der Waals surface area contributed by atoms with Crippen molar-refractivity contribution in [3.05, 3.63) is 34.9 Å². The summed E-state index contributed by atoms with van der Waals surface area (Å²) in [4.78, 5) is 23.2. The minimum Gasteiger partial charge on any atom is -0.276 e. The first-order chi connectivity index (χ1) is 10.4. The van der Waals surface area contributed by atoms with Crippen LogP contribution in [0.3, 0.4) is 0 Å². The third-order valence-corrected chi connectivity index (χ3v) is 6.47. The van der Waals surface area contributed by atoms with Crippen molar-refractivity contribution in [1.82, 2.24) is 0 Å². The molecule has 1 aromatic carbocycles. The molecule has 4 fully saturated rings. The lowest BCUT2D eigenvalue weighted by atomic mass is 9.48. The van der Waals surface area contributed by atoms with E-state index >= 15 is 0 Å². The monoisotopic (exact) mass is 336 g/mol. The van der Waals surface area contributed by atoms with Crippen LogP contribution in [-0.2, 0) is 5.41 Å². The molecule has 0 unspecified atom stereocenters. The van der Waals surface area contributed by atoms with Crippen LogP contribution in [0.15, 0.2) is 18.2 Å². The smallest absolute Gasteiger partial charge is 0.252 e. The average Bonchev–Trinajstić information content (AvgIpc) is 2.45. The van der Waals surface area contributed by atoms with Crippen LogP contribution in [-0.4, -0.2) is 10.5 Å². The van der Waals surface area contributed by atoms with Gasteiger partial charge in [-0.1, -0.05) is 0 Å². The number of rotatable bonds is 3. The van der Waals surface area contributed by atoms with Crippen LogP contribution in [0.5, 0.6) is 0 Å². The van der Waals surface area contributed by atoms with Crippen molar-refractivity contribution in [2.75, 3.05) is 0 Å². The highest BCUT2D eigenvalue weighted by atomic mass is 35.5. The van der Waals surface area contributed by atoms with Gasteiger partial charge in [0.1, 0.15) is 0 Å². The summed E-state index contributed by atoms with van der Waals surface area (Å²) >= 11 is 11.3. The van der Waals surface area contributed by atoms with Gasteiger partial charge in [-0.2, -0.15) is 0 Å². The SMILES string of the molecule is O=C(Cl)c1cc(C(=O)Cl)cc(C23CC4CC(CC(C4)C2)C3)c1. The summed E-state index contributed by atoms with van der Waals surface area (Å²) in [6.07, 6.45) is 7.59. The van der Waals surface area contributed by atoms with E-state index in [1.54, 1.807) is 0 Å². The third-order valence-electron chi connectivity index (χ3n) is 6.04. The number of carbonyl (C=O) groups is 2. The van der Waals surface area contributed by atoms with Crippen molar-refractivity contribution in [3.63, 3.8) is 0 Å². The maximum atomic E-state index is 11.6. The van der Waals surface area contributed by atoms with Gasteiger partial charge in [-0.3, -0.25) is 9.59 Å². The summed E-state index contributed by atoms with van der Waals surface area (Å²) in [5, 5.41) is -1.04. The minimum atomic E-state index is -0.522. The molecule has 2 nitrogen and oxygen atoms in total. The van der Waals surface area contributed by atoms with Crippen molar-refractivity contribution in [1.29, 1.82) is 0 Å². The first-order valence-corrected chi connectivity index (χ1v) is 8.76. The molecule has 0 heterocycles. The summed E-state index contributed by atoms with van der Waals surface area (Å²) in [6, 6.07) is 5.30. The molecule has 0 amide bonds. The van der Waals surface area contributed by atoms with Gasteiger partial charge in [0, 0.05) is 11.1 Å². The van der Waals surface area contributed by atoms with Gasteiger partial charge in [-0.25, -0.2) is 0 Å². The number of hydrogen-bond donors (Lipinski definition) is 0. The molecule has 4 aliphatic rings. The Bertz CT molecular complexity index is 598. The molecule has 0 aliphatic heterocycles. The largest absolute Gasteiger partial charge is 0.276 e. The summed E-state index contributed by atoms with van der Waals surface area (Å²) in [5.74, 6) is 2.41. The molecule has 22 heavy (non-hydrogen) atoms. The molecule has 0 aromatic heterocycles. The van der Waals surface area contributed by atoms with Crippen molar-refractivity contribution in [3.8, 4) is 0 Å². The van der Waals surface area contributed by atoms with Gasteiger partial charge >= 0.3 is 0 Å². The summed E-state index contributed by atoms with van der Waals surface area (Å²) < 4.78 is 0. The highest BCUT2D eigenvalue weighted by Crippen LogP contribution is 2.60. The van der Waals surface area contributed by atoms with E-state index in [9.17, 15) is 9.59 Å². The molecule has 0 saturated heterocycles. The molecular formula is C18H18Cl2O2. The van der Waals surface area contributed by atoms with Crippen molar-refractivity contribution in [2.45, 2.75) is 43.9 Å². The van der Waals surface area contributed by atoms with Crippen LogP contribution in [0.25, 0.3) is 0 Å². The van der Waals surface area contributed by atoms with E-state index in [0.29, 0.717) is 11.1 Å². The Morgan fingerprint density at radius 3 is 1.59 bits per heavy atom. The summed E-state index contributed by atoms with van der Waals surface area (Å²) in [6.45, 7) is 0. The minimum absolute atomic E-state index is 0.123. The molecule has 0 spiro atoms.